The van der Waals surface area contributed by atoms with Gasteiger partial charge in [-0.05, 0) is 92.8 Å². The van der Waals surface area contributed by atoms with Gasteiger partial charge in [0.15, 0.2) is 5.78 Å². The van der Waals surface area contributed by atoms with Crippen molar-refractivity contribution in [2.24, 2.45) is 0 Å². The average Bonchev–Trinajstić information content (AvgIpc) is 2.77. The zero-order chi connectivity index (χ0) is 24.2. The van der Waals surface area contributed by atoms with Crippen molar-refractivity contribution in [1.82, 2.24) is 4.98 Å². The topological polar surface area (TPSA) is 48.4 Å². The van der Waals surface area contributed by atoms with Gasteiger partial charge in [-0.25, -0.2) is 0 Å². The van der Waals surface area contributed by atoms with E-state index in [0.717, 1.165) is 56.1 Å². The van der Waals surface area contributed by atoms with Crippen LogP contribution >= 0.6 is 0 Å². The molecule has 34 heavy (non-hydrogen) atoms. The third-order valence-electron chi connectivity index (χ3n) is 6.49. The molecule has 2 heterocycles. The number of aryl methyl sites for hydroxylation is 2. The van der Waals surface area contributed by atoms with Crippen molar-refractivity contribution in [3.05, 3.63) is 70.9 Å². The summed E-state index contributed by atoms with van der Waals surface area (Å²) in [6.45, 7) is 12.4. The molecule has 0 aliphatic carbocycles. The predicted molar refractivity (Wildman–Crippen MR) is 138 cm³/mol. The highest BCUT2D eigenvalue weighted by atomic mass is 16.5. The Morgan fingerprint density at radius 2 is 1.88 bits per heavy atom. The molecule has 0 saturated carbocycles. The number of aromatic nitrogens is 1. The van der Waals surface area contributed by atoms with Crippen molar-refractivity contribution < 1.29 is 14.3 Å². The number of fused-ring (bicyclic) bond motifs is 1. The van der Waals surface area contributed by atoms with E-state index in [0.29, 0.717) is 6.61 Å². The van der Waals surface area contributed by atoms with Gasteiger partial charge in [-0.1, -0.05) is 29.8 Å². The monoisotopic (exact) mass is 453 g/mol. The van der Waals surface area contributed by atoms with E-state index in [4.69, 9.17) is 14.5 Å². The first-order valence-corrected chi connectivity index (χ1v) is 11.9. The van der Waals surface area contributed by atoms with E-state index < -0.39 is 11.7 Å². The number of Topliss-reactive ketones (excluding diaryl/α,β-unsaturated/α-hetero) is 1. The van der Waals surface area contributed by atoms with Crippen molar-refractivity contribution >= 4 is 27.5 Å². The lowest BCUT2D eigenvalue weighted by molar-refractivity contribution is -0.138. The van der Waals surface area contributed by atoms with Crippen LogP contribution in [-0.2, 0) is 16.0 Å². The number of benzene rings is 3. The maximum absolute atomic E-state index is 13.0. The minimum Gasteiger partial charge on any atom is -0.493 e. The van der Waals surface area contributed by atoms with Gasteiger partial charge in [0.05, 0.1) is 17.7 Å². The molecule has 1 atom stereocenters. The quantitative estimate of drug-likeness (QED) is 0.332. The highest BCUT2D eigenvalue weighted by molar-refractivity contribution is 6.09. The van der Waals surface area contributed by atoms with Crippen LogP contribution in [-0.4, -0.2) is 23.0 Å². The summed E-state index contributed by atoms with van der Waals surface area (Å²) in [6, 6.07) is 14.9. The van der Waals surface area contributed by atoms with Crippen LogP contribution in [0.1, 0.15) is 56.1 Å². The smallest absolute Gasteiger partial charge is 0.163 e. The van der Waals surface area contributed by atoms with Crippen LogP contribution in [0.15, 0.2) is 48.7 Å². The second kappa shape index (κ2) is 8.21. The van der Waals surface area contributed by atoms with Crippen molar-refractivity contribution in [2.45, 2.75) is 59.7 Å². The molecule has 0 fully saturated rings. The molecule has 1 unspecified atom stereocenters. The normalized spacial score (nSPS) is 14.3. The van der Waals surface area contributed by atoms with Crippen LogP contribution < -0.4 is 4.74 Å². The molecular formula is C30H31NO3. The molecule has 4 heteroatoms. The molecule has 0 amide bonds. The first-order valence-electron chi connectivity index (χ1n) is 11.9. The highest BCUT2D eigenvalue weighted by Gasteiger charge is 2.30. The molecular weight excluding hydrogens is 422 g/mol. The van der Waals surface area contributed by atoms with Gasteiger partial charge in [0.1, 0.15) is 11.9 Å². The molecule has 1 aromatic heterocycles. The molecule has 174 valence electrons. The summed E-state index contributed by atoms with van der Waals surface area (Å²) >= 11 is 0. The summed E-state index contributed by atoms with van der Waals surface area (Å²) < 4.78 is 12.4. The van der Waals surface area contributed by atoms with Gasteiger partial charge in [0.2, 0.25) is 0 Å². The molecule has 0 bridgehead atoms. The van der Waals surface area contributed by atoms with E-state index in [1.54, 1.807) is 6.92 Å². The first kappa shape index (κ1) is 22.5. The Balaban J connectivity index is 1.92. The van der Waals surface area contributed by atoms with Gasteiger partial charge in [0.25, 0.3) is 0 Å². The van der Waals surface area contributed by atoms with Crippen molar-refractivity contribution in [2.75, 3.05) is 6.61 Å². The van der Waals surface area contributed by atoms with Gasteiger partial charge in [-0.2, -0.15) is 0 Å². The van der Waals surface area contributed by atoms with E-state index in [-0.39, 0.29) is 5.78 Å². The van der Waals surface area contributed by atoms with Crippen LogP contribution in [0.3, 0.4) is 0 Å². The van der Waals surface area contributed by atoms with Gasteiger partial charge < -0.3 is 9.47 Å². The lowest BCUT2D eigenvalue weighted by Crippen LogP contribution is -2.27. The first-order chi connectivity index (χ1) is 16.1. The molecule has 4 nitrogen and oxygen atoms in total. The van der Waals surface area contributed by atoms with Gasteiger partial charge in [-0.3, -0.25) is 9.78 Å². The Morgan fingerprint density at radius 3 is 2.62 bits per heavy atom. The molecule has 0 radical (unpaired) electrons. The van der Waals surface area contributed by atoms with E-state index in [1.165, 1.54) is 11.1 Å². The molecule has 0 saturated heterocycles. The Hall–Kier alpha value is -3.24. The minimum atomic E-state index is -0.679. The van der Waals surface area contributed by atoms with E-state index in [2.05, 4.69) is 50.2 Å². The fraction of sp³-hybridized carbons (Fsp3) is 0.333. The van der Waals surface area contributed by atoms with Crippen LogP contribution in [0.25, 0.3) is 32.8 Å². The summed E-state index contributed by atoms with van der Waals surface area (Å²) in [6.07, 6.45) is 2.06. The summed E-state index contributed by atoms with van der Waals surface area (Å²) in [7, 11) is 0. The molecule has 1 aliphatic rings. The third-order valence-corrected chi connectivity index (χ3v) is 6.49. The number of pyridine rings is 1. The average molecular weight is 454 g/mol. The number of hydrogen-bond acceptors (Lipinski definition) is 4. The summed E-state index contributed by atoms with van der Waals surface area (Å²) in [5.41, 5.74) is 6.81. The Kier molecular flexibility index (Phi) is 5.44. The van der Waals surface area contributed by atoms with Crippen LogP contribution in [0.2, 0.25) is 0 Å². The lowest BCUT2D eigenvalue weighted by Gasteiger charge is -2.30. The fourth-order valence-corrected chi connectivity index (χ4v) is 5.10. The van der Waals surface area contributed by atoms with Crippen LogP contribution in [0.5, 0.6) is 5.75 Å². The SMILES string of the molecule is CC(=O)C(OC(C)(C)C)c1c(C)cc2ccc(C)cc2c1-c1ccc2c3c(ccnc13)CCO2. The fourth-order valence-electron chi connectivity index (χ4n) is 5.10. The van der Waals surface area contributed by atoms with Gasteiger partial charge in [0, 0.05) is 23.6 Å². The Bertz CT molecular complexity index is 1440. The summed E-state index contributed by atoms with van der Waals surface area (Å²) in [5, 5.41) is 3.30. The Labute approximate surface area is 200 Å². The number of ketones is 1. The molecule has 1 aliphatic heterocycles. The van der Waals surface area contributed by atoms with Crippen molar-refractivity contribution in [1.29, 1.82) is 0 Å². The number of carbonyl (C=O) groups excluding carboxylic acids is 1. The maximum Gasteiger partial charge on any atom is 0.163 e. The standard InChI is InChI=1S/C30H31NO3/c1-17-7-8-21-16-18(2)25(29(19(3)32)34-30(4,5)6)27(23(21)15-17)22-9-10-24-26-20(12-14-33-24)11-13-31-28(22)26/h7-11,13,15-16,29H,12,14H2,1-6H3. The largest absolute Gasteiger partial charge is 0.493 e. The van der Waals surface area contributed by atoms with Crippen molar-refractivity contribution in [3.8, 4) is 16.9 Å². The lowest BCUT2D eigenvalue weighted by atomic mass is 9.84. The molecule has 4 aromatic rings. The van der Waals surface area contributed by atoms with Crippen LogP contribution in [0, 0.1) is 13.8 Å². The number of nitrogens with zero attached hydrogens (tertiary/aromatic N) is 1. The second-order valence-electron chi connectivity index (χ2n) is 10.3. The zero-order valence-electron chi connectivity index (χ0n) is 20.8. The number of rotatable bonds is 4. The maximum atomic E-state index is 13.0. The molecule has 0 N–H and O–H groups in total. The number of ether oxygens (including phenoxy) is 2. The van der Waals surface area contributed by atoms with E-state index >= 15 is 0 Å². The molecule has 0 spiro atoms. The summed E-state index contributed by atoms with van der Waals surface area (Å²) in [4.78, 5) is 17.9. The van der Waals surface area contributed by atoms with Gasteiger partial charge in [-0.15, -0.1) is 0 Å². The molecule has 5 rings (SSSR count). The predicted octanol–water partition coefficient (Wildman–Crippen LogP) is 7.05. The highest BCUT2D eigenvalue weighted by Crippen LogP contribution is 2.45. The summed E-state index contributed by atoms with van der Waals surface area (Å²) in [5.74, 6) is 0.863. The Morgan fingerprint density at radius 1 is 1.09 bits per heavy atom. The van der Waals surface area contributed by atoms with E-state index in [9.17, 15) is 4.79 Å². The minimum absolute atomic E-state index is 0.00898. The third kappa shape index (κ3) is 3.86. The van der Waals surface area contributed by atoms with Crippen molar-refractivity contribution in [3.63, 3.8) is 0 Å². The molecule has 3 aromatic carbocycles. The van der Waals surface area contributed by atoms with Crippen LogP contribution in [0.4, 0.5) is 0 Å². The number of carbonyl (C=O) groups is 1. The zero-order valence-corrected chi connectivity index (χ0v) is 20.8. The van der Waals surface area contributed by atoms with E-state index in [1.807, 2.05) is 33.0 Å². The van der Waals surface area contributed by atoms with Gasteiger partial charge >= 0.3 is 0 Å². The second-order valence-corrected chi connectivity index (χ2v) is 10.3. The number of hydrogen-bond donors (Lipinski definition) is 0.